The summed E-state index contributed by atoms with van der Waals surface area (Å²) in [6, 6.07) is 0.693. The molecule has 0 spiro atoms. The van der Waals surface area contributed by atoms with Gasteiger partial charge in [-0.25, -0.2) is 0 Å². The van der Waals surface area contributed by atoms with Crippen molar-refractivity contribution in [2.24, 2.45) is 11.8 Å². The Kier molecular flexibility index (Phi) is 6.62. The topological polar surface area (TPSA) is 12.0 Å². The molecule has 0 saturated carbocycles. The number of alkyl halides is 1. The van der Waals surface area contributed by atoms with E-state index in [0.717, 1.165) is 18.4 Å². The highest BCUT2D eigenvalue weighted by Gasteiger charge is 2.10. The summed E-state index contributed by atoms with van der Waals surface area (Å²) in [5.74, 6) is 1.52. The maximum Gasteiger partial charge on any atom is 0.0180 e. The molecule has 1 nitrogen and oxygen atoms in total. The maximum atomic E-state index is 3.56. The second kappa shape index (κ2) is 6.23. The van der Waals surface area contributed by atoms with Gasteiger partial charge in [0.2, 0.25) is 0 Å². The molecule has 0 aliphatic carbocycles. The number of rotatable bonds is 5. The summed E-state index contributed by atoms with van der Waals surface area (Å²) >= 11 is 2.45. The molecule has 0 aliphatic rings. The van der Waals surface area contributed by atoms with Crippen LogP contribution in [-0.4, -0.2) is 17.0 Å². The van der Waals surface area contributed by atoms with Crippen molar-refractivity contribution < 1.29 is 0 Å². The lowest BCUT2D eigenvalue weighted by atomic mass is 10.1. The highest BCUT2D eigenvalue weighted by Crippen LogP contribution is 2.05. The van der Waals surface area contributed by atoms with Crippen molar-refractivity contribution in [2.45, 2.75) is 33.7 Å². The van der Waals surface area contributed by atoms with Crippen molar-refractivity contribution in [3.8, 4) is 0 Å². The number of halogens is 1. The molecule has 68 valence electrons. The van der Waals surface area contributed by atoms with Gasteiger partial charge < -0.3 is 5.32 Å². The minimum Gasteiger partial charge on any atom is -0.313 e. The number of hydrogen-bond acceptors (Lipinski definition) is 1. The molecule has 0 aromatic carbocycles. The average Bonchev–Trinajstić information content (AvgIpc) is 1.87. The van der Waals surface area contributed by atoms with Crippen LogP contribution in [0.25, 0.3) is 0 Å². The van der Waals surface area contributed by atoms with Crippen LogP contribution in [0.2, 0.25) is 0 Å². The molecule has 1 atom stereocenters. The van der Waals surface area contributed by atoms with Crippen LogP contribution in [0.1, 0.15) is 27.7 Å². The largest absolute Gasteiger partial charge is 0.313 e. The Morgan fingerprint density at radius 2 is 1.73 bits per heavy atom. The van der Waals surface area contributed by atoms with E-state index in [4.69, 9.17) is 0 Å². The van der Waals surface area contributed by atoms with E-state index < -0.39 is 0 Å². The highest BCUT2D eigenvalue weighted by molar-refractivity contribution is 14.1. The van der Waals surface area contributed by atoms with Crippen LogP contribution in [0, 0.1) is 11.8 Å². The number of nitrogens with one attached hydrogen (secondary N) is 1. The van der Waals surface area contributed by atoms with Crippen LogP contribution in [0.5, 0.6) is 0 Å². The summed E-state index contributed by atoms with van der Waals surface area (Å²) in [6.45, 7) is 10.2. The van der Waals surface area contributed by atoms with Crippen molar-refractivity contribution >= 4 is 22.6 Å². The van der Waals surface area contributed by atoms with Crippen LogP contribution < -0.4 is 5.32 Å². The molecule has 0 aromatic heterocycles. The zero-order valence-electron chi connectivity index (χ0n) is 8.02. The van der Waals surface area contributed by atoms with Crippen molar-refractivity contribution in [3.05, 3.63) is 0 Å². The highest BCUT2D eigenvalue weighted by atomic mass is 127. The lowest BCUT2D eigenvalue weighted by molar-refractivity contribution is 0.409. The third kappa shape index (κ3) is 5.91. The van der Waals surface area contributed by atoms with Gasteiger partial charge in [-0.15, -0.1) is 0 Å². The molecule has 1 N–H and O–H groups in total. The summed E-state index contributed by atoms with van der Waals surface area (Å²) in [5.41, 5.74) is 0. The first-order valence-electron chi connectivity index (χ1n) is 4.37. The lowest BCUT2D eigenvalue weighted by Crippen LogP contribution is -2.37. The van der Waals surface area contributed by atoms with Crippen LogP contribution in [0.15, 0.2) is 0 Å². The molecule has 0 radical (unpaired) electrons. The summed E-state index contributed by atoms with van der Waals surface area (Å²) in [6.07, 6.45) is 0. The van der Waals surface area contributed by atoms with Gasteiger partial charge in [0, 0.05) is 10.5 Å². The Labute approximate surface area is 84.5 Å². The normalized spacial score (nSPS) is 14.5. The van der Waals surface area contributed by atoms with E-state index >= 15 is 0 Å². The molecule has 11 heavy (non-hydrogen) atoms. The van der Waals surface area contributed by atoms with Gasteiger partial charge in [0.15, 0.2) is 0 Å². The lowest BCUT2D eigenvalue weighted by Gasteiger charge is -2.21. The molecule has 1 unspecified atom stereocenters. The van der Waals surface area contributed by atoms with Gasteiger partial charge in [0.25, 0.3) is 0 Å². The van der Waals surface area contributed by atoms with Gasteiger partial charge in [-0.1, -0.05) is 50.3 Å². The standard InChI is InChI=1S/C9H20IN/c1-7(2)6-11-9(5-10)8(3)4/h7-9,11H,5-6H2,1-4H3. The second-order valence-electron chi connectivity index (χ2n) is 3.81. The zero-order valence-corrected chi connectivity index (χ0v) is 10.2. The van der Waals surface area contributed by atoms with Gasteiger partial charge in [-0.2, -0.15) is 0 Å². The fourth-order valence-electron chi connectivity index (χ4n) is 0.856. The van der Waals surface area contributed by atoms with E-state index in [1.54, 1.807) is 0 Å². The van der Waals surface area contributed by atoms with Crippen molar-refractivity contribution in [2.75, 3.05) is 11.0 Å². The second-order valence-corrected chi connectivity index (χ2v) is 4.69. The Bertz CT molecular complexity index is 91.6. The quantitative estimate of drug-likeness (QED) is 0.597. The van der Waals surface area contributed by atoms with Crippen molar-refractivity contribution in [3.63, 3.8) is 0 Å². The fourth-order valence-corrected chi connectivity index (χ4v) is 2.18. The molecule has 0 fully saturated rings. The Balaban J connectivity index is 3.52. The first-order valence-corrected chi connectivity index (χ1v) is 5.89. The smallest absolute Gasteiger partial charge is 0.0180 e. The Morgan fingerprint density at radius 3 is 2.00 bits per heavy atom. The summed E-state index contributed by atoms with van der Waals surface area (Å²) in [4.78, 5) is 0. The molecule has 0 bridgehead atoms. The van der Waals surface area contributed by atoms with Gasteiger partial charge in [0.05, 0.1) is 0 Å². The molecular weight excluding hydrogens is 249 g/mol. The predicted octanol–water partition coefficient (Wildman–Crippen LogP) is 2.69. The molecule has 0 saturated heterocycles. The average molecular weight is 269 g/mol. The van der Waals surface area contributed by atoms with E-state index in [9.17, 15) is 0 Å². The predicted molar refractivity (Wildman–Crippen MR) is 60.4 cm³/mol. The van der Waals surface area contributed by atoms with Crippen LogP contribution in [0.4, 0.5) is 0 Å². The fraction of sp³-hybridized carbons (Fsp3) is 1.00. The van der Waals surface area contributed by atoms with Gasteiger partial charge >= 0.3 is 0 Å². The van der Waals surface area contributed by atoms with E-state index in [-0.39, 0.29) is 0 Å². The Hall–Kier alpha value is 0.690. The molecule has 0 aliphatic heterocycles. The van der Waals surface area contributed by atoms with E-state index in [2.05, 4.69) is 55.6 Å². The monoisotopic (exact) mass is 269 g/mol. The first kappa shape index (κ1) is 11.7. The molecule has 0 aromatic rings. The van der Waals surface area contributed by atoms with Crippen LogP contribution >= 0.6 is 22.6 Å². The van der Waals surface area contributed by atoms with Crippen molar-refractivity contribution in [1.82, 2.24) is 5.32 Å². The molecular formula is C9H20IN. The molecule has 0 rings (SSSR count). The third-order valence-electron chi connectivity index (χ3n) is 1.76. The minimum atomic E-state index is 0.693. The SMILES string of the molecule is CC(C)CNC(CI)C(C)C. The summed E-state index contributed by atoms with van der Waals surface area (Å²) < 4.78 is 1.21. The van der Waals surface area contributed by atoms with Crippen molar-refractivity contribution in [1.29, 1.82) is 0 Å². The van der Waals surface area contributed by atoms with Gasteiger partial charge in [-0.3, -0.25) is 0 Å². The Morgan fingerprint density at radius 1 is 1.18 bits per heavy atom. The molecule has 0 amide bonds. The van der Waals surface area contributed by atoms with E-state index in [1.807, 2.05) is 0 Å². The zero-order chi connectivity index (χ0) is 8.85. The summed E-state index contributed by atoms with van der Waals surface area (Å²) in [5, 5.41) is 3.56. The van der Waals surface area contributed by atoms with E-state index in [0.29, 0.717) is 6.04 Å². The van der Waals surface area contributed by atoms with Crippen LogP contribution in [-0.2, 0) is 0 Å². The minimum absolute atomic E-state index is 0.693. The summed E-state index contributed by atoms with van der Waals surface area (Å²) in [7, 11) is 0. The third-order valence-corrected chi connectivity index (χ3v) is 2.71. The van der Waals surface area contributed by atoms with Gasteiger partial charge in [-0.05, 0) is 18.4 Å². The number of hydrogen-bond donors (Lipinski definition) is 1. The first-order chi connectivity index (χ1) is 5.07. The van der Waals surface area contributed by atoms with Gasteiger partial charge in [0.1, 0.15) is 0 Å². The molecule has 0 heterocycles. The molecule has 2 heteroatoms. The van der Waals surface area contributed by atoms with Crippen LogP contribution in [0.3, 0.4) is 0 Å². The van der Waals surface area contributed by atoms with E-state index in [1.165, 1.54) is 4.43 Å². The maximum absolute atomic E-state index is 3.56.